The van der Waals surface area contributed by atoms with Gasteiger partial charge in [0.1, 0.15) is 5.82 Å². The Morgan fingerprint density at radius 3 is 2.77 bits per heavy atom. The number of H-pyrrole nitrogens is 1. The normalized spacial score (nSPS) is 19.6. The van der Waals surface area contributed by atoms with E-state index in [4.69, 9.17) is 0 Å². The van der Waals surface area contributed by atoms with Crippen LogP contribution in [0.15, 0.2) is 30.5 Å². The van der Waals surface area contributed by atoms with Crippen molar-refractivity contribution in [3.05, 3.63) is 53.3 Å². The smallest absolute Gasteiger partial charge is 0.178 e. The maximum Gasteiger partial charge on any atom is 0.178 e. The van der Waals surface area contributed by atoms with E-state index in [2.05, 4.69) is 32.5 Å². The zero-order valence-electron chi connectivity index (χ0n) is 15.2. The van der Waals surface area contributed by atoms with Gasteiger partial charge in [-0.25, -0.2) is 4.39 Å². The summed E-state index contributed by atoms with van der Waals surface area (Å²) in [4.78, 5) is 0. The van der Waals surface area contributed by atoms with Crippen molar-refractivity contribution in [2.75, 3.05) is 13.1 Å². The fraction of sp³-hybridized carbons (Fsp3) is 0.526. The molecule has 0 amide bonds. The quantitative estimate of drug-likeness (QED) is 0.661. The molecule has 1 aromatic heterocycles. The van der Waals surface area contributed by atoms with Crippen LogP contribution in [0.4, 0.5) is 4.39 Å². The van der Waals surface area contributed by atoms with Gasteiger partial charge in [0.2, 0.25) is 0 Å². The van der Waals surface area contributed by atoms with Crippen LogP contribution < -0.4 is 5.32 Å². The molecule has 2 aromatic rings. The highest BCUT2D eigenvalue weighted by atomic mass is 19.1. The van der Waals surface area contributed by atoms with Crippen LogP contribution >= 0.6 is 0 Å². The minimum Gasteiger partial charge on any atom is -0.513 e. The van der Waals surface area contributed by atoms with Crippen LogP contribution in [0.2, 0.25) is 0 Å². The predicted molar refractivity (Wildman–Crippen MR) is 97.3 cm³/mol. The van der Waals surface area contributed by atoms with Crippen LogP contribution in [-0.4, -0.2) is 38.8 Å². The van der Waals surface area contributed by atoms with Crippen molar-refractivity contribution in [2.24, 2.45) is 11.8 Å². The summed E-state index contributed by atoms with van der Waals surface area (Å²) in [5, 5.41) is 27.7. The minimum absolute atomic E-state index is 0.0870. The molecule has 0 saturated carbocycles. The number of aliphatic hydroxyl groups is 1. The first-order chi connectivity index (χ1) is 12.5. The van der Waals surface area contributed by atoms with Crippen LogP contribution in [0.5, 0.6) is 0 Å². The second kappa shape index (κ2) is 7.95. The molecule has 7 heteroatoms. The van der Waals surface area contributed by atoms with Crippen molar-refractivity contribution in [3.8, 4) is 0 Å². The van der Waals surface area contributed by atoms with Crippen molar-refractivity contribution in [1.82, 2.24) is 25.9 Å². The van der Waals surface area contributed by atoms with E-state index in [0.29, 0.717) is 12.2 Å². The average molecular weight is 359 g/mol. The SMILES string of the molecule is C=C(O)[C@@H](C(C)C)[C@H](Cc1ccc(C2CCNC2)c(F)c1)c1nn[nH]n1. The number of tetrazole rings is 1. The fourth-order valence-corrected chi connectivity index (χ4v) is 3.99. The summed E-state index contributed by atoms with van der Waals surface area (Å²) >= 11 is 0. The molecule has 0 aliphatic carbocycles. The third-order valence-corrected chi connectivity index (χ3v) is 5.25. The first-order valence-electron chi connectivity index (χ1n) is 9.07. The number of benzene rings is 1. The van der Waals surface area contributed by atoms with Gasteiger partial charge in [-0.05, 0) is 42.5 Å². The van der Waals surface area contributed by atoms with E-state index in [9.17, 15) is 9.50 Å². The molecule has 0 spiro atoms. The highest BCUT2D eigenvalue weighted by Gasteiger charge is 2.32. The highest BCUT2D eigenvalue weighted by Crippen LogP contribution is 2.35. The van der Waals surface area contributed by atoms with E-state index in [1.54, 1.807) is 6.07 Å². The molecule has 1 saturated heterocycles. The molecule has 1 unspecified atom stereocenters. The van der Waals surface area contributed by atoms with Gasteiger partial charge < -0.3 is 10.4 Å². The molecule has 1 aliphatic heterocycles. The number of aromatic amines is 1. The summed E-state index contributed by atoms with van der Waals surface area (Å²) in [6, 6.07) is 5.44. The summed E-state index contributed by atoms with van der Waals surface area (Å²) in [7, 11) is 0. The van der Waals surface area contributed by atoms with Crippen LogP contribution in [0.3, 0.4) is 0 Å². The van der Waals surface area contributed by atoms with E-state index < -0.39 is 0 Å². The zero-order valence-corrected chi connectivity index (χ0v) is 15.2. The Kier molecular flexibility index (Phi) is 5.66. The Hall–Kier alpha value is -2.28. The molecule has 3 atom stereocenters. The lowest BCUT2D eigenvalue weighted by Gasteiger charge is -2.27. The number of nitrogens with one attached hydrogen (secondary N) is 2. The molecule has 1 aromatic carbocycles. The molecule has 6 nitrogen and oxygen atoms in total. The summed E-state index contributed by atoms with van der Waals surface area (Å²) in [6.45, 7) is 9.49. The lowest BCUT2D eigenvalue weighted by molar-refractivity contribution is 0.243. The first kappa shape index (κ1) is 18.5. The molecule has 140 valence electrons. The second-order valence-electron chi connectivity index (χ2n) is 7.39. The number of nitrogens with zero attached hydrogens (tertiary/aromatic N) is 3. The predicted octanol–water partition coefficient (Wildman–Crippen LogP) is 3.09. The number of hydrogen-bond acceptors (Lipinski definition) is 5. The van der Waals surface area contributed by atoms with Gasteiger partial charge in [0.15, 0.2) is 5.82 Å². The molecule has 1 fully saturated rings. The van der Waals surface area contributed by atoms with Gasteiger partial charge in [-0.1, -0.05) is 37.8 Å². The van der Waals surface area contributed by atoms with E-state index in [1.165, 1.54) is 0 Å². The zero-order chi connectivity index (χ0) is 18.7. The summed E-state index contributed by atoms with van der Waals surface area (Å²) in [5.74, 6) is 0.306. The van der Waals surface area contributed by atoms with Crippen LogP contribution in [0.25, 0.3) is 0 Å². The van der Waals surface area contributed by atoms with Gasteiger partial charge in [-0.2, -0.15) is 5.21 Å². The van der Waals surface area contributed by atoms with E-state index in [1.807, 2.05) is 26.0 Å². The molecule has 1 aliphatic rings. The number of aliphatic hydroxyl groups excluding tert-OH is 1. The third-order valence-electron chi connectivity index (χ3n) is 5.25. The summed E-state index contributed by atoms with van der Waals surface area (Å²) < 4.78 is 14.7. The van der Waals surface area contributed by atoms with E-state index in [0.717, 1.165) is 30.6 Å². The molecule has 3 N–H and O–H groups in total. The number of halogens is 1. The number of allylic oxidation sites excluding steroid dienone is 1. The monoisotopic (exact) mass is 359 g/mol. The lowest BCUT2D eigenvalue weighted by atomic mass is 9.78. The lowest BCUT2D eigenvalue weighted by Crippen LogP contribution is -2.23. The Balaban J connectivity index is 1.87. The van der Waals surface area contributed by atoms with Crippen molar-refractivity contribution < 1.29 is 9.50 Å². The summed E-state index contributed by atoms with van der Waals surface area (Å²) in [6.07, 6.45) is 1.46. The molecule has 3 rings (SSSR count). The Labute approximate surface area is 152 Å². The van der Waals surface area contributed by atoms with Crippen molar-refractivity contribution >= 4 is 0 Å². The Morgan fingerprint density at radius 1 is 1.42 bits per heavy atom. The minimum atomic E-state index is -0.241. The molecule has 0 bridgehead atoms. The number of aromatic nitrogens is 4. The largest absolute Gasteiger partial charge is 0.513 e. The second-order valence-corrected chi connectivity index (χ2v) is 7.39. The van der Waals surface area contributed by atoms with Gasteiger partial charge >= 0.3 is 0 Å². The molecular formula is C19H26FN5O. The number of rotatable bonds is 7. The van der Waals surface area contributed by atoms with Crippen LogP contribution in [0, 0.1) is 17.7 Å². The standard InChI is InChI=1S/C19H26FN5O/c1-11(2)18(12(3)26)16(19-22-24-25-23-19)8-13-4-5-15(17(20)9-13)14-6-7-21-10-14/h4-5,9,11,14,16,18,21,26H,3,6-8,10H2,1-2H3,(H,22,23,24,25)/t14?,16-,18+/m0/s1. The molecular weight excluding hydrogens is 333 g/mol. The summed E-state index contributed by atoms with van der Waals surface area (Å²) in [5.41, 5.74) is 1.61. The van der Waals surface area contributed by atoms with Gasteiger partial charge in [0.05, 0.1) is 5.76 Å². The average Bonchev–Trinajstić information content (AvgIpc) is 3.27. The van der Waals surface area contributed by atoms with Gasteiger partial charge in [0.25, 0.3) is 0 Å². The maximum atomic E-state index is 14.7. The van der Waals surface area contributed by atoms with Gasteiger partial charge in [-0.15, -0.1) is 10.2 Å². The van der Waals surface area contributed by atoms with Crippen LogP contribution in [-0.2, 0) is 6.42 Å². The topological polar surface area (TPSA) is 86.7 Å². The molecule has 0 radical (unpaired) electrons. The van der Waals surface area contributed by atoms with Crippen LogP contribution in [0.1, 0.15) is 49.1 Å². The number of hydrogen-bond donors (Lipinski definition) is 3. The molecule has 2 heterocycles. The van der Waals surface area contributed by atoms with Gasteiger partial charge in [0, 0.05) is 24.3 Å². The highest BCUT2D eigenvalue weighted by molar-refractivity contribution is 5.29. The van der Waals surface area contributed by atoms with E-state index in [-0.39, 0.29) is 35.2 Å². The Morgan fingerprint density at radius 2 is 2.23 bits per heavy atom. The van der Waals surface area contributed by atoms with Crippen molar-refractivity contribution in [1.29, 1.82) is 0 Å². The third kappa shape index (κ3) is 3.93. The van der Waals surface area contributed by atoms with Crippen molar-refractivity contribution in [3.63, 3.8) is 0 Å². The van der Waals surface area contributed by atoms with Gasteiger partial charge in [-0.3, -0.25) is 0 Å². The maximum absolute atomic E-state index is 14.7. The van der Waals surface area contributed by atoms with E-state index >= 15 is 0 Å². The first-order valence-corrected chi connectivity index (χ1v) is 9.07. The Bertz CT molecular complexity index is 740. The fourth-order valence-electron chi connectivity index (χ4n) is 3.99. The van der Waals surface area contributed by atoms with Crippen molar-refractivity contribution in [2.45, 2.75) is 38.5 Å². The molecule has 26 heavy (non-hydrogen) atoms.